The van der Waals surface area contributed by atoms with E-state index in [2.05, 4.69) is 20.7 Å². The Labute approximate surface area is 106 Å². The summed E-state index contributed by atoms with van der Waals surface area (Å²) in [6, 6.07) is 4.24. The molecule has 1 atom stereocenters. The minimum atomic E-state index is -0.909. The van der Waals surface area contributed by atoms with Gasteiger partial charge in [0.1, 0.15) is 0 Å². The summed E-state index contributed by atoms with van der Waals surface area (Å²) in [7, 11) is 1.22. The van der Waals surface area contributed by atoms with Crippen LogP contribution in [0.25, 0.3) is 0 Å². The molecule has 0 aliphatic carbocycles. The molecule has 0 N–H and O–H groups in total. The molecule has 0 radical (unpaired) electrons. The van der Waals surface area contributed by atoms with E-state index in [0.717, 1.165) is 0 Å². The van der Waals surface area contributed by atoms with Crippen LogP contribution in [0.5, 0.6) is 5.75 Å². The Kier molecular flexibility index (Phi) is 4.45. The van der Waals surface area contributed by atoms with Gasteiger partial charge < -0.3 is 9.47 Å². The van der Waals surface area contributed by atoms with Crippen molar-refractivity contribution in [1.29, 1.82) is 0 Å². The predicted octanol–water partition coefficient (Wildman–Crippen LogP) is 2.30. The second kappa shape index (κ2) is 5.62. The van der Waals surface area contributed by atoms with E-state index >= 15 is 0 Å². The van der Waals surface area contributed by atoms with Crippen LogP contribution in [-0.2, 0) is 9.53 Å². The number of carbonyl (C=O) groups is 1. The lowest BCUT2D eigenvalue weighted by Crippen LogP contribution is -2.25. The van der Waals surface area contributed by atoms with E-state index in [1.165, 1.54) is 32.2 Å². The number of hydrogen-bond acceptors (Lipinski definition) is 5. The van der Waals surface area contributed by atoms with Crippen LogP contribution in [0.15, 0.2) is 22.7 Å². The summed E-state index contributed by atoms with van der Waals surface area (Å²) >= 11 is 3.17. The van der Waals surface area contributed by atoms with Gasteiger partial charge in [-0.3, -0.25) is 10.1 Å². The van der Waals surface area contributed by atoms with Gasteiger partial charge in [-0.2, -0.15) is 0 Å². The van der Waals surface area contributed by atoms with Gasteiger partial charge in [0.25, 0.3) is 0 Å². The van der Waals surface area contributed by atoms with Crippen molar-refractivity contribution in [3.63, 3.8) is 0 Å². The molecule has 92 valence electrons. The largest absolute Gasteiger partial charge is 0.472 e. The third-order valence-electron chi connectivity index (χ3n) is 1.96. The van der Waals surface area contributed by atoms with Gasteiger partial charge in [-0.25, -0.2) is 4.79 Å². The van der Waals surface area contributed by atoms with Crippen molar-refractivity contribution in [2.75, 3.05) is 7.11 Å². The fraction of sp³-hybridized carbons (Fsp3) is 0.300. The molecular weight excluding hydrogens is 294 g/mol. The number of nitrogens with zero attached hydrogens (tertiary/aromatic N) is 1. The lowest BCUT2D eigenvalue weighted by Gasteiger charge is -2.12. The van der Waals surface area contributed by atoms with Gasteiger partial charge in [0.15, 0.2) is 11.9 Å². The maximum Gasteiger partial charge on any atom is 0.346 e. The van der Waals surface area contributed by atoms with Crippen LogP contribution in [-0.4, -0.2) is 24.1 Å². The van der Waals surface area contributed by atoms with Gasteiger partial charge in [0, 0.05) is 16.6 Å². The first kappa shape index (κ1) is 13.4. The Bertz CT molecular complexity index is 448. The molecule has 1 rings (SSSR count). The van der Waals surface area contributed by atoms with Crippen LogP contribution in [0.3, 0.4) is 0 Å². The molecule has 0 amide bonds. The van der Waals surface area contributed by atoms with Crippen LogP contribution in [0.4, 0.5) is 5.69 Å². The summed E-state index contributed by atoms with van der Waals surface area (Å²) < 4.78 is 10.3. The van der Waals surface area contributed by atoms with Crippen LogP contribution < -0.4 is 4.74 Å². The van der Waals surface area contributed by atoms with Crippen LogP contribution >= 0.6 is 15.9 Å². The standard InChI is InChI=1S/C10H10BrNO5/c1-6(10(13)16-2)17-9-5-7(11)3-4-8(9)12(14)15/h3-6H,1-2H3/t6-/m1/s1. The molecule has 1 aromatic carbocycles. The van der Waals surface area contributed by atoms with Crippen LogP contribution in [0, 0.1) is 10.1 Å². The molecule has 7 heteroatoms. The van der Waals surface area contributed by atoms with Gasteiger partial charge in [-0.15, -0.1) is 0 Å². The first-order chi connectivity index (χ1) is 7.95. The number of esters is 1. The highest BCUT2D eigenvalue weighted by molar-refractivity contribution is 9.10. The highest BCUT2D eigenvalue weighted by Gasteiger charge is 2.21. The average Bonchev–Trinajstić information content (AvgIpc) is 2.27. The smallest absolute Gasteiger partial charge is 0.346 e. The number of benzene rings is 1. The van der Waals surface area contributed by atoms with Crippen molar-refractivity contribution in [2.45, 2.75) is 13.0 Å². The molecule has 0 spiro atoms. The van der Waals surface area contributed by atoms with E-state index in [0.29, 0.717) is 4.47 Å². The molecule has 0 aromatic heterocycles. The number of carbonyl (C=O) groups excluding carboxylic acids is 1. The quantitative estimate of drug-likeness (QED) is 0.484. The van der Waals surface area contributed by atoms with E-state index in [1.807, 2.05) is 0 Å². The molecule has 0 fully saturated rings. The first-order valence-electron chi connectivity index (χ1n) is 4.64. The molecule has 0 aliphatic rings. The molecule has 0 saturated carbocycles. The lowest BCUT2D eigenvalue weighted by molar-refractivity contribution is -0.386. The second-order valence-electron chi connectivity index (χ2n) is 3.15. The SMILES string of the molecule is COC(=O)[C@@H](C)Oc1cc(Br)ccc1[N+](=O)[O-]. The third-order valence-corrected chi connectivity index (χ3v) is 2.45. The molecule has 17 heavy (non-hydrogen) atoms. The summed E-state index contributed by atoms with van der Waals surface area (Å²) in [5.41, 5.74) is -0.205. The second-order valence-corrected chi connectivity index (χ2v) is 4.07. The zero-order valence-electron chi connectivity index (χ0n) is 9.18. The Hall–Kier alpha value is -1.63. The summed E-state index contributed by atoms with van der Waals surface area (Å²) in [4.78, 5) is 21.3. The van der Waals surface area contributed by atoms with Crippen LogP contribution in [0.2, 0.25) is 0 Å². The number of halogens is 1. The molecule has 6 nitrogen and oxygen atoms in total. The molecule has 0 bridgehead atoms. The summed E-state index contributed by atoms with van der Waals surface area (Å²) in [5.74, 6) is -0.582. The van der Waals surface area contributed by atoms with E-state index in [9.17, 15) is 14.9 Å². The Morgan fingerprint density at radius 2 is 2.18 bits per heavy atom. The lowest BCUT2D eigenvalue weighted by atomic mass is 10.3. The number of nitro benzene ring substituents is 1. The highest BCUT2D eigenvalue weighted by atomic mass is 79.9. The van der Waals surface area contributed by atoms with Crippen LogP contribution in [0.1, 0.15) is 6.92 Å². The molecule has 1 aromatic rings. The summed E-state index contributed by atoms with van der Waals surface area (Å²) in [5, 5.41) is 10.7. The number of ether oxygens (including phenoxy) is 2. The molecule has 0 saturated heterocycles. The number of hydrogen-bond donors (Lipinski definition) is 0. The molecule has 0 aliphatic heterocycles. The Morgan fingerprint density at radius 3 is 2.71 bits per heavy atom. The van der Waals surface area contributed by atoms with Crippen molar-refractivity contribution < 1.29 is 19.2 Å². The van der Waals surface area contributed by atoms with Crippen molar-refractivity contribution in [3.05, 3.63) is 32.8 Å². The summed E-state index contributed by atoms with van der Waals surface area (Å²) in [6.07, 6.45) is -0.909. The third kappa shape index (κ3) is 3.42. The number of methoxy groups -OCH3 is 1. The Morgan fingerprint density at radius 1 is 1.53 bits per heavy atom. The normalized spacial score (nSPS) is 11.7. The minimum absolute atomic E-state index is 0.0160. The topological polar surface area (TPSA) is 78.7 Å². The number of nitro groups is 1. The van der Waals surface area contributed by atoms with Crippen molar-refractivity contribution in [3.8, 4) is 5.75 Å². The maximum absolute atomic E-state index is 11.2. The van der Waals surface area contributed by atoms with E-state index < -0.39 is 17.0 Å². The fourth-order valence-electron chi connectivity index (χ4n) is 1.14. The van der Waals surface area contributed by atoms with Gasteiger partial charge in [0.2, 0.25) is 0 Å². The van der Waals surface area contributed by atoms with Gasteiger partial charge in [0.05, 0.1) is 12.0 Å². The minimum Gasteiger partial charge on any atom is -0.472 e. The van der Waals surface area contributed by atoms with Crippen molar-refractivity contribution in [2.24, 2.45) is 0 Å². The monoisotopic (exact) mass is 303 g/mol. The molecule has 0 unspecified atom stereocenters. The van der Waals surface area contributed by atoms with Crippen molar-refractivity contribution in [1.82, 2.24) is 0 Å². The maximum atomic E-state index is 11.2. The van der Waals surface area contributed by atoms with Gasteiger partial charge >= 0.3 is 11.7 Å². The van der Waals surface area contributed by atoms with Gasteiger partial charge in [-0.1, -0.05) is 15.9 Å². The first-order valence-corrected chi connectivity index (χ1v) is 5.43. The van der Waals surface area contributed by atoms with E-state index in [-0.39, 0.29) is 11.4 Å². The zero-order chi connectivity index (χ0) is 13.0. The van der Waals surface area contributed by atoms with E-state index in [4.69, 9.17) is 4.74 Å². The number of rotatable bonds is 4. The van der Waals surface area contributed by atoms with E-state index in [1.54, 1.807) is 0 Å². The highest BCUT2D eigenvalue weighted by Crippen LogP contribution is 2.30. The summed E-state index contributed by atoms with van der Waals surface area (Å²) in [6.45, 7) is 1.45. The zero-order valence-corrected chi connectivity index (χ0v) is 10.8. The van der Waals surface area contributed by atoms with Crippen molar-refractivity contribution >= 4 is 27.6 Å². The molecular formula is C10H10BrNO5. The fourth-order valence-corrected chi connectivity index (χ4v) is 1.48. The molecule has 0 heterocycles. The average molecular weight is 304 g/mol. The predicted molar refractivity (Wildman–Crippen MR) is 62.9 cm³/mol. The Balaban J connectivity index is 3.00. The van der Waals surface area contributed by atoms with Gasteiger partial charge in [-0.05, 0) is 13.0 Å².